The van der Waals surface area contributed by atoms with Gasteiger partial charge in [-0.05, 0) is 26.0 Å². The van der Waals surface area contributed by atoms with Gasteiger partial charge in [-0.25, -0.2) is 4.79 Å². The highest BCUT2D eigenvalue weighted by Gasteiger charge is 2.24. The highest BCUT2D eigenvalue weighted by atomic mass is 16.5. The van der Waals surface area contributed by atoms with Gasteiger partial charge >= 0.3 is 5.63 Å². The van der Waals surface area contributed by atoms with E-state index in [9.17, 15) is 29.4 Å². The number of ketones is 1. The van der Waals surface area contributed by atoms with Crippen LogP contribution in [-0.2, 0) is 0 Å². The summed E-state index contributed by atoms with van der Waals surface area (Å²) < 4.78 is 10.3. The molecule has 2 aromatic carbocycles. The van der Waals surface area contributed by atoms with E-state index in [1.54, 1.807) is 0 Å². The third kappa shape index (κ3) is 1.83. The van der Waals surface area contributed by atoms with E-state index in [4.69, 9.17) is 8.83 Å². The highest BCUT2D eigenvalue weighted by molar-refractivity contribution is 6.21. The first-order valence-electron chi connectivity index (χ1n) is 7.48. The molecule has 4 rings (SSSR count). The van der Waals surface area contributed by atoms with Crippen LogP contribution in [0.25, 0.3) is 38.5 Å². The first kappa shape index (κ1) is 15.8. The maximum atomic E-state index is 12.6. The lowest BCUT2D eigenvalue weighted by atomic mass is 9.98. The van der Waals surface area contributed by atoms with Gasteiger partial charge in [0.15, 0.2) is 16.9 Å². The minimum absolute atomic E-state index is 0.00703. The Balaban J connectivity index is 2.51. The Morgan fingerprint density at radius 1 is 0.923 bits per heavy atom. The number of aliphatic hydroxyl groups is 1. The number of Topliss-reactive ketones (excluding diaryl/α,β-unsaturated/α-hetero) is 1. The van der Waals surface area contributed by atoms with Crippen molar-refractivity contribution in [1.29, 1.82) is 0 Å². The van der Waals surface area contributed by atoms with Gasteiger partial charge in [-0.1, -0.05) is 0 Å². The van der Waals surface area contributed by atoms with E-state index >= 15 is 0 Å². The summed E-state index contributed by atoms with van der Waals surface area (Å²) in [7, 11) is 0. The maximum Gasteiger partial charge on any atom is 0.344 e. The van der Waals surface area contributed by atoms with Crippen LogP contribution in [0.5, 0.6) is 5.95 Å². The predicted molar refractivity (Wildman–Crippen MR) is 92.1 cm³/mol. The molecule has 0 amide bonds. The van der Waals surface area contributed by atoms with E-state index in [1.807, 2.05) is 0 Å². The van der Waals surface area contributed by atoms with Crippen LogP contribution >= 0.6 is 0 Å². The van der Waals surface area contributed by atoms with Gasteiger partial charge in [-0.3, -0.25) is 14.4 Å². The van der Waals surface area contributed by atoms with E-state index < -0.39 is 39.4 Å². The summed E-state index contributed by atoms with van der Waals surface area (Å²) in [4.78, 5) is 49.1. The van der Waals surface area contributed by atoms with E-state index in [0.29, 0.717) is 0 Å². The number of carbonyl (C=O) groups is 1. The van der Waals surface area contributed by atoms with Gasteiger partial charge in [0.1, 0.15) is 5.76 Å². The fraction of sp³-hybridized carbons (Fsp3) is 0.111. The molecule has 2 aromatic heterocycles. The quantitative estimate of drug-likeness (QED) is 0.295. The second-order valence-electron chi connectivity index (χ2n) is 5.95. The van der Waals surface area contributed by atoms with Gasteiger partial charge in [-0.15, -0.1) is 0 Å². The molecule has 0 radical (unpaired) electrons. The van der Waals surface area contributed by atoms with Crippen LogP contribution in [0.2, 0.25) is 0 Å². The zero-order chi connectivity index (χ0) is 18.9. The molecule has 26 heavy (non-hydrogen) atoms. The second kappa shape index (κ2) is 4.92. The number of carbonyl (C=O) groups excluding carboxylic acids is 1. The topological polar surface area (TPSA) is 135 Å². The summed E-state index contributed by atoms with van der Waals surface area (Å²) in [5.74, 6) is -1.65. The molecule has 2 heterocycles. The van der Waals surface area contributed by atoms with Crippen molar-refractivity contribution in [2.24, 2.45) is 0 Å². The molecule has 0 aliphatic rings. The Labute approximate surface area is 142 Å². The summed E-state index contributed by atoms with van der Waals surface area (Å²) in [5, 5.41) is 19.5. The van der Waals surface area contributed by atoms with Crippen molar-refractivity contribution in [3.05, 3.63) is 53.8 Å². The molecule has 0 spiro atoms. The molecule has 0 bridgehead atoms. The van der Waals surface area contributed by atoms with Gasteiger partial charge < -0.3 is 19.0 Å². The van der Waals surface area contributed by atoms with Crippen molar-refractivity contribution in [2.45, 2.75) is 13.8 Å². The number of hydrogen-bond donors (Lipinski definition) is 2. The van der Waals surface area contributed by atoms with E-state index in [0.717, 1.165) is 19.1 Å². The normalized spacial score (nSPS) is 13.0. The van der Waals surface area contributed by atoms with Crippen LogP contribution in [0.4, 0.5) is 0 Å². The SMILES string of the molecule is CC(=O)c1cc2c(O)oc3c(=O)/c(=C(\C)O)cc4c(=O)oc(c1=O)c2c43. The van der Waals surface area contributed by atoms with Crippen molar-refractivity contribution < 1.29 is 23.8 Å². The van der Waals surface area contributed by atoms with Crippen LogP contribution in [0.1, 0.15) is 24.2 Å². The van der Waals surface area contributed by atoms with Crippen molar-refractivity contribution >= 4 is 44.3 Å². The molecule has 0 saturated carbocycles. The molecule has 2 N–H and O–H groups in total. The summed E-state index contributed by atoms with van der Waals surface area (Å²) >= 11 is 0. The standard InChI is InChI=1S/C18H10O8/c1-5(19)7-3-9-11-12-10(18(24)25-15(11)13(7)21)4-8(6(2)20)14(22)16(12)26-17(9)23/h3-4,19,24H,1-2H3/b7-5+. The lowest BCUT2D eigenvalue weighted by molar-refractivity contribution is 0.101. The zero-order valence-electron chi connectivity index (χ0n) is 13.5. The average molecular weight is 354 g/mol. The Hall–Kier alpha value is -3.68. The van der Waals surface area contributed by atoms with E-state index in [1.165, 1.54) is 6.92 Å². The lowest BCUT2D eigenvalue weighted by Crippen LogP contribution is -2.28. The smallest absolute Gasteiger partial charge is 0.344 e. The number of benzene rings is 2. The Morgan fingerprint density at radius 2 is 1.54 bits per heavy atom. The number of aromatic hydroxyl groups is 1. The number of hydrogen-bond acceptors (Lipinski definition) is 8. The van der Waals surface area contributed by atoms with Crippen molar-refractivity contribution in [1.82, 2.24) is 0 Å². The van der Waals surface area contributed by atoms with Crippen molar-refractivity contribution in [2.75, 3.05) is 0 Å². The Bertz CT molecular complexity index is 1480. The van der Waals surface area contributed by atoms with Crippen LogP contribution in [0, 0.1) is 0 Å². The largest absolute Gasteiger partial charge is 0.512 e. The van der Waals surface area contributed by atoms with Crippen LogP contribution in [0.15, 0.2) is 35.4 Å². The van der Waals surface area contributed by atoms with Crippen molar-refractivity contribution in [3.63, 3.8) is 0 Å². The van der Waals surface area contributed by atoms with E-state index in [2.05, 4.69) is 0 Å². The molecule has 0 unspecified atom stereocenters. The molecular formula is C18H10O8. The highest BCUT2D eigenvalue weighted by Crippen LogP contribution is 2.35. The van der Waals surface area contributed by atoms with E-state index in [-0.39, 0.29) is 38.1 Å². The molecule has 8 nitrogen and oxygen atoms in total. The molecule has 0 fully saturated rings. The third-order valence-electron chi connectivity index (χ3n) is 4.33. The first-order valence-corrected chi connectivity index (χ1v) is 7.48. The Kier molecular flexibility index (Phi) is 2.99. The van der Waals surface area contributed by atoms with Gasteiger partial charge in [0, 0.05) is 10.8 Å². The van der Waals surface area contributed by atoms with Crippen LogP contribution in [0.3, 0.4) is 0 Å². The maximum absolute atomic E-state index is 12.6. The monoisotopic (exact) mass is 354 g/mol. The van der Waals surface area contributed by atoms with Gasteiger partial charge in [0.25, 0.3) is 5.95 Å². The third-order valence-corrected chi connectivity index (χ3v) is 4.33. The molecule has 0 saturated heterocycles. The van der Waals surface area contributed by atoms with Gasteiger partial charge in [0.2, 0.25) is 10.9 Å². The lowest BCUT2D eigenvalue weighted by Gasteiger charge is -2.10. The molecule has 0 aliphatic heterocycles. The predicted octanol–water partition coefficient (Wildman–Crippen LogP) is 1.16. The average Bonchev–Trinajstić information content (AvgIpc) is 2.56. The molecule has 8 heteroatoms. The van der Waals surface area contributed by atoms with Crippen molar-refractivity contribution in [3.8, 4) is 5.95 Å². The number of aliphatic hydroxyl groups excluding tert-OH is 1. The molecule has 0 atom stereocenters. The molecule has 4 aromatic rings. The Morgan fingerprint density at radius 3 is 2.15 bits per heavy atom. The minimum Gasteiger partial charge on any atom is -0.512 e. The zero-order valence-corrected chi connectivity index (χ0v) is 13.5. The van der Waals surface area contributed by atoms with Gasteiger partial charge in [0.05, 0.1) is 21.6 Å². The second-order valence-corrected chi connectivity index (χ2v) is 5.95. The number of rotatable bonds is 1. The molecule has 130 valence electrons. The minimum atomic E-state index is -0.940. The molecular weight excluding hydrogens is 344 g/mol. The van der Waals surface area contributed by atoms with Gasteiger partial charge in [-0.2, -0.15) is 0 Å². The summed E-state index contributed by atoms with van der Waals surface area (Å²) in [6, 6.07) is 2.27. The first-order chi connectivity index (χ1) is 12.2. The summed E-state index contributed by atoms with van der Waals surface area (Å²) in [5.41, 5.74) is -3.65. The molecule has 0 aliphatic carbocycles. The fourth-order valence-corrected chi connectivity index (χ4v) is 3.13. The van der Waals surface area contributed by atoms with Crippen LogP contribution in [-0.4, -0.2) is 16.0 Å². The van der Waals surface area contributed by atoms with Crippen LogP contribution < -0.4 is 21.7 Å². The summed E-state index contributed by atoms with van der Waals surface area (Å²) in [6.07, 6.45) is 0. The summed E-state index contributed by atoms with van der Waals surface area (Å²) in [6.45, 7) is 2.41. The fourth-order valence-electron chi connectivity index (χ4n) is 3.13.